The monoisotopic (exact) mass is 445 g/mol. The largest absolute Gasteiger partial charge is 0.393 e. The number of aliphatic hydroxyl groups excluding tert-OH is 3. The van der Waals surface area contributed by atoms with Gasteiger partial charge < -0.3 is 20.2 Å². The molecule has 182 valence electrons. The molecule has 12 atom stereocenters. The van der Waals surface area contributed by atoms with Gasteiger partial charge in [-0.15, -0.1) is 0 Å². The lowest BCUT2D eigenvalue weighted by Crippen LogP contribution is -2.54. The highest BCUT2D eigenvalue weighted by Crippen LogP contribution is 2.65. The van der Waals surface area contributed by atoms with Crippen molar-refractivity contribution in [1.82, 2.24) is 4.90 Å². The van der Waals surface area contributed by atoms with Crippen LogP contribution in [0.4, 0.5) is 0 Å². The Kier molecular flexibility index (Phi) is 6.09. The SMILES string of the molecule is CC1=C2C[C@H]3[C@@H](C[C@@H](O)[C@H]4C[C@@H](O)CC[C@@]43C)[C@@H]2CC[C@@H]1[C@@H](C)[C@@H]1[C@@H](O)C[C@@H](C)CN1C. The van der Waals surface area contributed by atoms with Gasteiger partial charge in [0.25, 0.3) is 0 Å². The van der Waals surface area contributed by atoms with Crippen molar-refractivity contribution in [3.05, 3.63) is 11.1 Å². The second-order valence-corrected chi connectivity index (χ2v) is 13.0. The van der Waals surface area contributed by atoms with E-state index in [-0.39, 0.29) is 35.7 Å². The first-order valence-corrected chi connectivity index (χ1v) is 13.6. The third-order valence-corrected chi connectivity index (χ3v) is 11.3. The molecule has 0 radical (unpaired) electrons. The molecule has 5 rings (SSSR count). The third-order valence-electron chi connectivity index (χ3n) is 11.3. The zero-order valence-corrected chi connectivity index (χ0v) is 21.0. The molecule has 4 nitrogen and oxygen atoms in total. The lowest BCUT2D eigenvalue weighted by Gasteiger charge is -2.55. The maximum Gasteiger partial charge on any atom is 0.0701 e. The minimum absolute atomic E-state index is 0.170. The smallest absolute Gasteiger partial charge is 0.0701 e. The maximum atomic E-state index is 11.1. The highest BCUT2D eigenvalue weighted by atomic mass is 16.3. The summed E-state index contributed by atoms with van der Waals surface area (Å²) in [6.07, 6.45) is 7.60. The minimum Gasteiger partial charge on any atom is -0.393 e. The Labute approximate surface area is 195 Å². The van der Waals surface area contributed by atoms with Gasteiger partial charge >= 0.3 is 0 Å². The normalized spacial score (nSPS) is 52.9. The summed E-state index contributed by atoms with van der Waals surface area (Å²) in [5.74, 6) is 3.80. The Hall–Kier alpha value is -0.420. The lowest BCUT2D eigenvalue weighted by atomic mass is 9.51. The summed E-state index contributed by atoms with van der Waals surface area (Å²) in [6, 6.07) is 0.260. The van der Waals surface area contributed by atoms with E-state index in [1.807, 2.05) is 0 Å². The molecule has 1 heterocycles. The molecule has 0 aromatic rings. The summed E-state index contributed by atoms with van der Waals surface area (Å²) >= 11 is 0. The van der Waals surface area contributed by atoms with Crippen molar-refractivity contribution < 1.29 is 15.3 Å². The van der Waals surface area contributed by atoms with E-state index >= 15 is 0 Å². The standard InChI is InChI=1S/C28H47NO3/c1-15-10-26(32)27(29(5)14-15)17(3)19-6-7-20-21(16(19)2)12-23-22(20)13-25(31)24-11-18(30)8-9-28(23,24)4/h15,17-20,22-27,30-32H,6-14H2,1-5H3/t15-,17-,18+,19+,20-,22+,23+,24-,25-,26+,27-,28-/m1/s1. The summed E-state index contributed by atoms with van der Waals surface area (Å²) in [6.45, 7) is 10.6. The average Bonchev–Trinajstić information content (AvgIpc) is 3.09. The van der Waals surface area contributed by atoms with E-state index in [2.05, 4.69) is 39.6 Å². The molecule has 3 N–H and O–H groups in total. The quantitative estimate of drug-likeness (QED) is 0.557. The predicted molar refractivity (Wildman–Crippen MR) is 128 cm³/mol. The molecule has 0 aromatic heterocycles. The predicted octanol–water partition coefficient (Wildman–Crippen LogP) is 4.23. The van der Waals surface area contributed by atoms with Crippen molar-refractivity contribution in [1.29, 1.82) is 0 Å². The molecule has 5 aliphatic rings. The number of rotatable bonds is 2. The number of likely N-dealkylation sites (N-methyl/N-ethyl adjacent to an activating group) is 1. The van der Waals surface area contributed by atoms with Crippen LogP contribution in [0, 0.1) is 46.8 Å². The number of piperidine rings is 1. The van der Waals surface area contributed by atoms with Crippen LogP contribution in [0.15, 0.2) is 11.1 Å². The van der Waals surface area contributed by atoms with Crippen LogP contribution < -0.4 is 0 Å². The van der Waals surface area contributed by atoms with Gasteiger partial charge in [-0.1, -0.05) is 31.9 Å². The van der Waals surface area contributed by atoms with Crippen molar-refractivity contribution in [2.45, 2.75) is 103 Å². The molecule has 4 heteroatoms. The van der Waals surface area contributed by atoms with E-state index in [1.54, 1.807) is 11.1 Å². The van der Waals surface area contributed by atoms with Crippen LogP contribution in [0.3, 0.4) is 0 Å². The second kappa shape index (κ2) is 8.36. The summed E-state index contributed by atoms with van der Waals surface area (Å²) in [4.78, 5) is 2.43. The minimum atomic E-state index is -0.250. The zero-order chi connectivity index (χ0) is 22.9. The van der Waals surface area contributed by atoms with Crippen molar-refractivity contribution in [2.24, 2.45) is 46.8 Å². The molecule has 3 saturated carbocycles. The molecule has 0 amide bonds. The molecule has 4 fully saturated rings. The Morgan fingerprint density at radius 3 is 2.47 bits per heavy atom. The summed E-state index contributed by atoms with van der Waals surface area (Å²) in [7, 11) is 2.21. The number of likely N-dealkylation sites (tertiary alicyclic amines) is 1. The van der Waals surface area contributed by atoms with Gasteiger partial charge in [-0.3, -0.25) is 0 Å². The Morgan fingerprint density at radius 2 is 1.75 bits per heavy atom. The molecule has 1 aliphatic heterocycles. The second-order valence-electron chi connectivity index (χ2n) is 13.0. The molecule has 32 heavy (non-hydrogen) atoms. The van der Waals surface area contributed by atoms with Crippen LogP contribution >= 0.6 is 0 Å². The van der Waals surface area contributed by atoms with Crippen LogP contribution in [0.25, 0.3) is 0 Å². The van der Waals surface area contributed by atoms with Gasteiger partial charge in [0.1, 0.15) is 0 Å². The van der Waals surface area contributed by atoms with Crippen molar-refractivity contribution >= 4 is 0 Å². The molecule has 0 spiro atoms. The molecular formula is C28H47NO3. The fourth-order valence-electron chi connectivity index (χ4n) is 9.81. The van der Waals surface area contributed by atoms with E-state index in [0.29, 0.717) is 35.5 Å². The first kappa shape index (κ1) is 23.3. The van der Waals surface area contributed by atoms with Gasteiger partial charge in [-0.05, 0) is 112 Å². The Bertz CT molecular complexity index is 739. The zero-order valence-electron chi connectivity index (χ0n) is 21.0. The van der Waals surface area contributed by atoms with Crippen molar-refractivity contribution in [3.63, 3.8) is 0 Å². The van der Waals surface area contributed by atoms with Crippen LogP contribution in [-0.2, 0) is 0 Å². The van der Waals surface area contributed by atoms with Crippen molar-refractivity contribution in [2.75, 3.05) is 13.6 Å². The summed E-state index contributed by atoms with van der Waals surface area (Å²) in [5.41, 5.74) is 3.50. The van der Waals surface area contributed by atoms with Gasteiger partial charge in [0.15, 0.2) is 0 Å². The Morgan fingerprint density at radius 1 is 1.00 bits per heavy atom. The van der Waals surface area contributed by atoms with Gasteiger partial charge in [-0.25, -0.2) is 0 Å². The highest BCUT2D eigenvalue weighted by Gasteiger charge is 2.59. The van der Waals surface area contributed by atoms with E-state index in [1.165, 1.54) is 19.3 Å². The number of aliphatic hydroxyl groups is 3. The molecule has 1 saturated heterocycles. The first-order valence-electron chi connectivity index (χ1n) is 13.6. The number of allylic oxidation sites excluding steroid dienone is 2. The number of hydrogen-bond donors (Lipinski definition) is 3. The van der Waals surface area contributed by atoms with Crippen molar-refractivity contribution in [3.8, 4) is 0 Å². The maximum absolute atomic E-state index is 11.1. The fraction of sp³-hybridized carbons (Fsp3) is 0.929. The number of nitrogens with zero attached hydrogens (tertiary/aromatic N) is 1. The van der Waals surface area contributed by atoms with Gasteiger partial charge in [0, 0.05) is 12.6 Å². The van der Waals surface area contributed by atoms with Crippen LogP contribution in [0.2, 0.25) is 0 Å². The van der Waals surface area contributed by atoms with Crippen LogP contribution in [-0.4, -0.2) is 58.2 Å². The highest BCUT2D eigenvalue weighted by molar-refractivity contribution is 5.30. The summed E-state index contributed by atoms with van der Waals surface area (Å²) < 4.78 is 0. The van der Waals surface area contributed by atoms with Gasteiger partial charge in [-0.2, -0.15) is 0 Å². The van der Waals surface area contributed by atoms with Crippen LogP contribution in [0.1, 0.15) is 79.1 Å². The lowest BCUT2D eigenvalue weighted by molar-refractivity contribution is -0.129. The van der Waals surface area contributed by atoms with E-state index in [0.717, 1.165) is 38.6 Å². The average molecular weight is 446 g/mol. The molecular weight excluding hydrogens is 398 g/mol. The molecule has 0 aromatic carbocycles. The summed E-state index contributed by atoms with van der Waals surface area (Å²) in [5, 5.41) is 32.4. The van der Waals surface area contributed by atoms with Crippen LogP contribution in [0.5, 0.6) is 0 Å². The van der Waals surface area contributed by atoms with E-state index < -0.39 is 0 Å². The third kappa shape index (κ3) is 3.54. The van der Waals surface area contributed by atoms with Gasteiger partial charge in [0.2, 0.25) is 0 Å². The number of fused-ring (bicyclic) bond motifs is 5. The van der Waals surface area contributed by atoms with E-state index in [4.69, 9.17) is 0 Å². The molecule has 0 bridgehead atoms. The first-order chi connectivity index (χ1) is 15.1. The van der Waals surface area contributed by atoms with Gasteiger partial charge in [0.05, 0.1) is 18.3 Å². The fourth-order valence-corrected chi connectivity index (χ4v) is 9.81. The number of hydrogen-bond acceptors (Lipinski definition) is 4. The Balaban J connectivity index is 1.41. The molecule has 0 unspecified atom stereocenters. The van der Waals surface area contributed by atoms with E-state index in [9.17, 15) is 15.3 Å². The molecule has 4 aliphatic carbocycles. The topological polar surface area (TPSA) is 63.9 Å².